The first-order valence-electron chi connectivity index (χ1n) is 6.71. The molecule has 0 unspecified atom stereocenters. The minimum Gasteiger partial charge on any atom is -0.351 e. The van der Waals surface area contributed by atoms with Gasteiger partial charge in [-0.25, -0.2) is 13.6 Å². The smallest absolute Gasteiger partial charge is 0.247 e. The summed E-state index contributed by atoms with van der Waals surface area (Å²) < 4.78 is 22.5. The molecule has 7 heteroatoms. The lowest BCUT2D eigenvalue weighted by atomic mass is 9.82. The van der Waals surface area contributed by atoms with Gasteiger partial charge in [-0.3, -0.25) is 4.79 Å². The van der Waals surface area contributed by atoms with Crippen molar-refractivity contribution in [1.29, 1.82) is 0 Å². The molecule has 1 amide bonds. The van der Waals surface area contributed by atoms with E-state index in [9.17, 15) is 13.2 Å². The fraction of sp³-hybridized carbons (Fsp3) is 0.643. The SMILES string of the molecule is CC(C)(C)CC(C)(C)NC(=O)Cc1ccc(S(N)(=O)=O)s1. The Labute approximate surface area is 131 Å². The van der Waals surface area contributed by atoms with Crippen LogP contribution in [0.1, 0.15) is 45.9 Å². The average molecular weight is 332 g/mol. The fourth-order valence-corrected chi connectivity index (χ4v) is 4.33. The lowest BCUT2D eigenvalue weighted by Crippen LogP contribution is -2.46. The summed E-state index contributed by atoms with van der Waals surface area (Å²) in [4.78, 5) is 12.8. The molecule has 0 spiro atoms. The molecule has 5 nitrogen and oxygen atoms in total. The number of hydrogen-bond acceptors (Lipinski definition) is 4. The third kappa shape index (κ3) is 6.58. The number of rotatable bonds is 5. The van der Waals surface area contributed by atoms with E-state index in [0.717, 1.165) is 17.8 Å². The zero-order chi connectivity index (χ0) is 16.5. The molecule has 0 aliphatic rings. The van der Waals surface area contributed by atoms with E-state index in [4.69, 9.17) is 5.14 Å². The van der Waals surface area contributed by atoms with Gasteiger partial charge in [-0.05, 0) is 37.8 Å². The highest BCUT2D eigenvalue weighted by Crippen LogP contribution is 2.27. The zero-order valence-corrected chi connectivity index (χ0v) is 14.8. The molecule has 0 bridgehead atoms. The minimum atomic E-state index is -3.69. The Morgan fingerprint density at radius 3 is 2.24 bits per heavy atom. The van der Waals surface area contributed by atoms with Gasteiger partial charge in [0.25, 0.3) is 0 Å². The van der Waals surface area contributed by atoms with Crippen molar-refractivity contribution in [2.24, 2.45) is 10.6 Å². The van der Waals surface area contributed by atoms with Crippen LogP contribution in [0.4, 0.5) is 0 Å². The third-order valence-corrected chi connectivity index (χ3v) is 5.23. The summed E-state index contributed by atoms with van der Waals surface area (Å²) in [6, 6.07) is 3.06. The normalized spacial score (nSPS) is 13.2. The van der Waals surface area contributed by atoms with Crippen molar-refractivity contribution in [3.05, 3.63) is 17.0 Å². The summed E-state index contributed by atoms with van der Waals surface area (Å²) in [6.07, 6.45) is 1.01. The molecule has 1 heterocycles. The van der Waals surface area contributed by atoms with Crippen LogP contribution in [0.5, 0.6) is 0 Å². The first-order valence-corrected chi connectivity index (χ1v) is 9.07. The monoisotopic (exact) mass is 332 g/mol. The summed E-state index contributed by atoms with van der Waals surface area (Å²) in [5.41, 5.74) is -0.199. The van der Waals surface area contributed by atoms with Gasteiger partial charge in [0.15, 0.2) is 0 Å². The lowest BCUT2D eigenvalue weighted by molar-refractivity contribution is -0.122. The number of nitrogens with two attached hydrogens (primary N) is 1. The van der Waals surface area contributed by atoms with E-state index in [0.29, 0.717) is 4.88 Å². The maximum Gasteiger partial charge on any atom is 0.247 e. The second kappa shape index (κ2) is 6.06. The zero-order valence-electron chi connectivity index (χ0n) is 13.2. The molecule has 21 heavy (non-hydrogen) atoms. The number of amides is 1. The number of primary sulfonamides is 1. The summed E-state index contributed by atoms with van der Waals surface area (Å²) >= 11 is 1.03. The number of carbonyl (C=O) groups excluding carboxylic acids is 1. The van der Waals surface area contributed by atoms with E-state index >= 15 is 0 Å². The molecule has 120 valence electrons. The molecule has 0 atom stereocenters. The van der Waals surface area contributed by atoms with E-state index < -0.39 is 10.0 Å². The Balaban J connectivity index is 2.68. The summed E-state index contributed by atoms with van der Waals surface area (Å²) in [7, 11) is -3.69. The van der Waals surface area contributed by atoms with Crippen LogP contribution in [0.2, 0.25) is 0 Å². The number of thiophene rings is 1. The number of sulfonamides is 1. The van der Waals surface area contributed by atoms with E-state index in [2.05, 4.69) is 26.1 Å². The third-order valence-electron chi connectivity index (χ3n) is 2.70. The van der Waals surface area contributed by atoms with Gasteiger partial charge in [-0.2, -0.15) is 0 Å². The second-order valence-electron chi connectivity index (χ2n) is 7.11. The van der Waals surface area contributed by atoms with Gasteiger partial charge < -0.3 is 5.32 Å². The van der Waals surface area contributed by atoms with E-state index in [1.807, 2.05) is 13.8 Å². The number of hydrogen-bond donors (Lipinski definition) is 2. The largest absolute Gasteiger partial charge is 0.351 e. The molecule has 0 saturated carbocycles. The first kappa shape index (κ1) is 18.1. The van der Waals surface area contributed by atoms with Crippen molar-refractivity contribution < 1.29 is 13.2 Å². The quantitative estimate of drug-likeness (QED) is 0.867. The highest BCUT2D eigenvalue weighted by molar-refractivity contribution is 7.91. The van der Waals surface area contributed by atoms with Crippen LogP contribution in [-0.2, 0) is 21.2 Å². The molecule has 0 aliphatic carbocycles. The Morgan fingerprint density at radius 1 is 1.24 bits per heavy atom. The molecule has 0 radical (unpaired) electrons. The maximum absolute atomic E-state index is 12.1. The molecule has 0 aliphatic heterocycles. The minimum absolute atomic E-state index is 0.0826. The standard InChI is InChI=1S/C14H24N2O3S2/c1-13(2,3)9-14(4,5)16-11(17)8-10-6-7-12(20-10)21(15,18)19/h6-7H,8-9H2,1-5H3,(H,16,17)(H2,15,18,19). The molecule has 0 fully saturated rings. The topological polar surface area (TPSA) is 89.3 Å². The number of nitrogens with one attached hydrogen (secondary N) is 1. The first-order chi connectivity index (χ1) is 9.28. The van der Waals surface area contributed by atoms with Crippen LogP contribution in [0.15, 0.2) is 16.3 Å². The molecule has 1 rings (SSSR count). The summed E-state index contributed by atoms with van der Waals surface area (Å²) in [5.74, 6) is -0.118. The molecule has 1 aromatic heterocycles. The number of carbonyl (C=O) groups is 1. The highest BCUT2D eigenvalue weighted by atomic mass is 32.2. The van der Waals surface area contributed by atoms with E-state index in [1.165, 1.54) is 6.07 Å². The van der Waals surface area contributed by atoms with Crippen molar-refractivity contribution in [1.82, 2.24) is 5.32 Å². The molecule has 1 aromatic rings. The van der Waals surface area contributed by atoms with Crippen LogP contribution in [0.3, 0.4) is 0 Å². The average Bonchev–Trinajstić information content (AvgIpc) is 2.59. The van der Waals surface area contributed by atoms with Crippen molar-refractivity contribution >= 4 is 27.3 Å². The van der Waals surface area contributed by atoms with Gasteiger partial charge in [-0.15, -0.1) is 11.3 Å². The predicted octanol–water partition coefficient (Wildman–Crippen LogP) is 2.27. The van der Waals surface area contributed by atoms with Gasteiger partial charge in [0, 0.05) is 10.4 Å². The Hall–Kier alpha value is -0.920. The summed E-state index contributed by atoms with van der Waals surface area (Å²) in [6.45, 7) is 10.3. The molecule has 0 aromatic carbocycles. The molecule has 0 saturated heterocycles. The van der Waals surface area contributed by atoms with Crippen molar-refractivity contribution in [2.45, 2.75) is 57.2 Å². The fourth-order valence-electron chi connectivity index (χ4n) is 2.56. The van der Waals surface area contributed by atoms with Gasteiger partial charge in [0.05, 0.1) is 6.42 Å². The van der Waals surface area contributed by atoms with Gasteiger partial charge in [-0.1, -0.05) is 20.8 Å². The van der Waals surface area contributed by atoms with Gasteiger partial charge in [0.1, 0.15) is 4.21 Å². The highest BCUT2D eigenvalue weighted by Gasteiger charge is 2.27. The molecular formula is C14H24N2O3S2. The molecule has 3 N–H and O–H groups in total. The van der Waals surface area contributed by atoms with E-state index in [-0.39, 0.29) is 27.5 Å². The van der Waals surface area contributed by atoms with Crippen LogP contribution in [-0.4, -0.2) is 19.9 Å². The summed E-state index contributed by atoms with van der Waals surface area (Å²) in [5, 5.41) is 8.05. The second-order valence-corrected chi connectivity index (χ2v) is 10.1. The molecular weight excluding hydrogens is 308 g/mol. The van der Waals surface area contributed by atoms with Crippen molar-refractivity contribution in [3.8, 4) is 0 Å². The van der Waals surface area contributed by atoms with Crippen LogP contribution in [0, 0.1) is 5.41 Å². The Bertz CT molecular complexity index is 610. The van der Waals surface area contributed by atoms with Crippen LogP contribution in [0.25, 0.3) is 0 Å². The Morgan fingerprint density at radius 2 is 1.81 bits per heavy atom. The van der Waals surface area contributed by atoms with Crippen molar-refractivity contribution in [2.75, 3.05) is 0 Å². The lowest BCUT2D eigenvalue weighted by Gasteiger charge is -2.33. The maximum atomic E-state index is 12.1. The van der Waals surface area contributed by atoms with Crippen molar-refractivity contribution in [3.63, 3.8) is 0 Å². The van der Waals surface area contributed by atoms with Crippen LogP contribution < -0.4 is 10.5 Å². The van der Waals surface area contributed by atoms with E-state index in [1.54, 1.807) is 6.07 Å². The Kier molecular flexibility index (Phi) is 5.23. The van der Waals surface area contributed by atoms with Crippen LogP contribution >= 0.6 is 11.3 Å². The predicted molar refractivity (Wildman–Crippen MR) is 85.7 cm³/mol. The van der Waals surface area contributed by atoms with Gasteiger partial charge in [0.2, 0.25) is 15.9 Å². The van der Waals surface area contributed by atoms with Gasteiger partial charge >= 0.3 is 0 Å².